The molecule has 0 nitrogen and oxygen atoms in total. The largest absolute Gasteiger partial charge is 0.241 e. The van der Waals surface area contributed by atoms with Crippen LogP contribution >= 0.6 is 7.92 Å². The summed E-state index contributed by atoms with van der Waals surface area (Å²) in [5.74, 6) is -0.901. The lowest BCUT2D eigenvalue weighted by Gasteiger charge is -2.23. The van der Waals surface area contributed by atoms with Crippen LogP contribution in [0.1, 0.15) is 12.5 Å². The van der Waals surface area contributed by atoms with Gasteiger partial charge in [-0.15, -0.1) is 7.92 Å². The lowest BCUT2D eigenvalue weighted by Crippen LogP contribution is -2.44. The minimum atomic E-state index is -0.304. The molecule has 0 unspecified atom stereocenters. The molecule has 0 saturated carbocycles. The van der Waals surface area contributed by atoms with Crippen LogP contribution in [0.3, 0.4) is 0 Å². The summed E-state index contributed by atoms with van der Waals surface area (Å²) >= 11 is 0. The summed E-state index contributed by atoms with van der Waals surface area (Å²) in [5, 5.41) is 0. The third kappa shape index (κ3) is 5.39. The number of halogens is 3. The van der Waals surface area contributed by atoms with Crippen molar-refractivity contribution >= 4 is 31.0 Å². The van der Waals surface area contributed by atoms with E-state index in [1.165, 1.54) is 42.0 Å². The van der Waals surface area contributed by atoms with Crippen LogP contribution in [0.2, 0.25) is 0 Å². The van der Waals surface area contributed by atoms with Crippen molar-refractivity contribution in [2.75, 3.05) is 19.5 Å². The standard InChI is InChI=1S/C24H23BF3P/c1-17(16-29(2)3)24(18-4-10-21(26)11-5-18)25(19-6-12-22(27)13-7-19)20-8-14-23(28)15-9-20/h4-15H,16H2,1-3H3/b24-17-. The van der Waals surface area contributed by atoms with Crippen molar-refractivity contribution in [3.63, 3.8) is 0 Å². The first kappa shape index (κ1) is 21.4. The van der Waals surface area contributed by atoms with Crippen LogP contribution in [0.5, 0.6) is 0 Å². The molecular weight excluding hydrogens is 387 g/mol. The molecule has 0 amide bonds. The number of benzene rings is 3. The molecule has 148 valence electrons. The zero-order chi connectivity index (χ0) is 21.0. The first-order valence-corrected chi connectivity index (χ1v) is 11.9. The van der Waals surface area contributed by atoms with E-state index in [1.54, 1.807) is 36.4 Å². The van der Waals surface area contributed by atoms with E-state index < -0.39 is 0 Å². The molecule has 5 heteroatoms. The van der Waals surface area contributed by atoms with Gasteiger partial charge in [0.15, 0.2) is 0 Å². The van der Waals surface area contributed by atoms with Gasteiger partial charge < -0.3 is 0 Å². The second-order valence-corrected chi connectivity index (χ2v) is 9.95. The maximum Gasteiger partial charge on any atom is 0.241 e. The smallest absolute Gasteiger partial charge is 0.207 e. The highest BCUT2D eigenvalue weighted by atomic mass is 31.1. The molecule has 0 aromatic heterocycles. The molecule has 29 heavy (non-hydrogen) atoms. The molecule has 3 rings (SSSR count). The normalized spacial score (nSPS) is 12.1. The van der Waals surface area contributed by atoms with Gasteiger partial charge >= 0.3 is 0 Å². The van der Waals surface area contributed by atoms with E-state index in [9.17, 15) is 13.2 Å². The Kier molecular flexibility index (Phi) is 6.98. The first-order valence-electron chi connectivity index (χ1n) is 9.46. The third-order valence-corrected chi connectivity index (χ3v) is 5.97. The highest BCUT2D eigenvalue weighted by molar-refractivity contribution is 7.56. The van der Waals surface area contributed by atoms with E-state index in [1.807, 2.05) is 0 Å². The zero-order valence-corrected chi connectivity index (χ0v) is 17.7. The van der Waals surface area contributed by atoms with Gasteiger partial charge in [-0.25, -0.2) is 13.2 Å². The summed E-state index contributed by atoms with van der Waals surface area (Å²) in [6.07, 6.45) is 0.931. The molecule has 0 bridgehead atoms. The number of allylic oxidation sites excluding steroid dienone is 1. The van der Waals surface area contributed by atoms with Gasteiger partial charge in [0.1, 0.15) is 17.5 Å². The molecule has 0 spiro atoms. The van der Waals surface area contributed by atoms with E-state index >= 15 is 0 Å². The second kappa shape index (κ2) is 9.46. The van der Waals surface area contributed by atoms with Gasteiger partial charge in [0, 0.05) is 0 Å². The lowest BCUT2D eigenvalue weighted by atomic mass is 9.34. The van der Waals surface area contributed by atoms with Crippen molar-refractivity contribution in [2.24, 2.45) is 0 Å². The summed E-state index contributed by atoms with van der Waals surface area (Å²) in [6.45, 7) is 6.32. The summed E-state index contributed by atoms with van der Waals surface area (Å²) in [7, 11) is -0.194. The fourth-order valence-electron chi connectivity index (χ4n) is 3.68. The van der Waals surface area contributed by atoms with Crippen molar-refractivity contribution in [3.05, 3.63) is 101 Å². The number of rotatable bonds is 6. The van der Waals surface area contributed by atoms with Crippen molar-refractivity contribution in [2.45, 2.75) is 6.92 Å². The topological polar surface area (TPSA) is 0 Å². The van der Waals surface area contributed by atoms with Gasteiger partial charge in [-0.05, 0) is 68.4 Å². The Balaban J connectivity index is 2.25. The quantitative estimate of drug-likeness (QED) is 0.374. The van der Waals surface area contributed by atoms with Crippen LogP contribution in [0, 0.1) is 17.5 Å². The van der Waals surface area contributed by atoms with Crippen LogP contribution < -0.4 is 10.9 Å². The van der Waals surface area contributed by atoms with Gasteiger partial charge in [-0.2, -0.15) is 0 Å². The minimum absolute atomic E-state index is 0.194. The van der Waals surface area contributed by atoms with Crippen LogP contribution in [0.25, 0.3) is 5.47 Å². The van der Waals surface area contributed by atoms with Gasteiger partial charge in [0.25, 0.3) is 0 Å². The second-order valence-electron chi connectivity index (χ2n) is 7.47. The van der Waals surface area contributed by atoms with Crippen molar-refractivity contribution in [3.8, 4) is 0 Å². The van der Waals surface area contributed by atoms with Crippen LogP contribution in [0.15, 0.2) is 78.4 Å². The van der Waals surface area contributed by atoms with E-state index in [4.69, 9.17) is 0 Å². The maximum absolute atomic E-state index is 13.6. The van der Waals surface area contributed by atoms with Gasteiger partial charge in [-0.1, -0.05) is 58.4 Å². The average Bonchev–Trinajstić information content (AvgIpc) is 2.68. The highest BCUT2D eigenvalue weighted by Gasteiger charge is 2.27. The molecule has 0 aliphatic carbocycles. The average molecular weight is 410 g/mol. The minimum Gasteiger partial charge on any atom is -0.207 e. The van der Waals surface area contributed by atoms with E-state index in [0.717, 1.165) is 28.1 Å². The predicted molar refractivity (Wildman–Crippen MR) is 120 cm³/mol. The molecule has 3 aromatic rings. The fourth-order valence-corrected chi connectivity index (χ4v) is 4.80. The molecule has 0 aliphatic heterocycles. The Hall–Kier alpha value is -2.32. The third-order valence-electron chi connectivity index (χ3n) is 4.86. The van der Waals surface area contributed by atoms with Gasteiger partial charge in [-0.3, -0.25) is 0 Å². The van der Waals surface area contributed by atoms with Crippen molar-refractivity contribution in [1.82, 2.24) is 0 Å². The Bertz CT molecular complexity index is 933. The number of hydrogen-bond acceptors (Lipinski definition) is 0. The molecule has 0 atom stereocenters. The highest BCUT2D eigenvalue weighted by Crippen LogP contribution is 2.32. The van der Waals surface area contributed by atoms with Crippen molar-refractivity contribution < 1.29 is 13.2 Å². The maximum atomic E-state index is 13.6. The Morgan fingerprint density at radius 3 is 1.45 bits per heavy atom. The van der Waals surface area contributed by atoms with E-state index in [2.05, 4.69) is 20.3 Å². The van der Waals surface area contributed by atoms with Crippen LogP contribution in [0.4, 0.5) is 13.2 Å². The first-order chi connectivity index (χ1) is 13.8. The molecule has 0 heterocycles. The lowest BCUT2D eigenvalue weighted by molar-refractivity contribution is 0.627. The van der Waals surface area contributed by atoms with E-state index in [0.29, 0.717) is 0 Å². The SMILES string of the molecule is C/C(CP(C)C)=C(/B(c1ccc(F)cc1)c1ccc(F)cc1)c1ccc(F)cc1. The molecule has 0 fully saturated rings. The molecule has 0 saturated heterocycles. The molecule has 0 radical (unpaired) electrons. The van der Waals surface area contributed by atoms with Crippen LogP contribution in [-0.2, 0) is 0 Å². The fraction of sp³-hybridized carbons (Fsp3) is 0.167. The Labute approximate surface area is 172 Å². The summed E-state index contributed by atoms with van der Waals surface area (Å²) in [5.41, 5.74) is 4.99. The summed E-state index contributed by atoms with van der Waals surface area (Å²) in [6, 6.07) is 19.3. The summed E-state index contributed by atoms with van der Waals surface area (Å²) < 4.78 is 40.8. The Morgan fingerprint density at radius 2 is 1.07 bits per heavy atom. The van der Waals surface area contributed by atoms with Gasteiger partial charge in [0.05, 0.1) is 0 Å². The predicted octanol–water partition coefficient (Wildman–Crippen LogP) is 5.47. The summed E-state index contributed by atoms with van der Waals surface area (Å²) in [4.78, 5) is 0. The molecule has 3 aromatic carbocycles. The molecular formula is C24H23BF3P. The van der Waals surface area contributed by atoms with Crippen molar-refractivity contribution in [1.29, 1.82) is 0 Å². The molecule has 0 aliphatic rings. The molecule has 0 N–H and O–H groups in total. The zero-order valence-electron chi connectivity index (χ0n) is 16.8. The number of hydrogen-bond donors (Lipinski definition) is 0. The van der Waals surface area contributed by atoms with E-state index in [-0.39, 0.29) is 32.1 Å². The van der Waals surface area contributed by atoms with Gasteiger partial charge in [0.2, 0.25) is 6.71 Å². The Morgan fingerprint density at radius 1 is 0.690 bits per heavy atom. The monoisotopic (exact) mass is 410 g/mol. The van der Waals surface area contributed by atoms with Crippen LogP contribution in [-0.4, -0.2) is 26.2 Å².